The van der Waals surface area contributed by atoms with Crippen molar-refractivity contribution in [2.75, 3.05) is 18.4 Å². The Morgan fingerprint density at radius 1 is 1.05 bits per heavy atom. The van der Waals surface area contributed by atoms with Crippen molar-refractivity contribution in [2.24, 2.45) is 0 Å². The number of piperidine rings is 1. The molecule has 3 aromatic carbocycles. The minimum absolute atomic E-state index is 0.221. The fourth-order valence-corrected chi connectivity index (χ4v) is 4.96. The molecule has 0 aliphatic carbocycles. The number of carbonyl (C=O) groups excluding carboxylic acids is 1. The molecular formula is C30H33FN4O2. The minimum Gasteiger partial charge on any atom is -0.427 e. The lowest BCUT2D eigenvalue weighted by molar-refractivity contribution is -0.134. The maximum atomic E-state index is 13.4. The number of likely N-dealkylation sites (tertiary alicyclic amines) is 1. The normalized spacial score (nSPS) is 15.5. The molecule has 0 radical (unpaired) electrons. The molecule has 2 heterocycles. The van der Waals surface area contributed by atoms with Crippen molar-refractivity contribution < 1.29 is 13.9 Å². The van der Waals surface area contributed by atoms with E-state index in [1.807, 2.05) is 54.6 Å². The number of anilines is 1. The van der Waals surface area contributed by atoms with Crippen molar-refractivity contribution in [1.29, 1.82) is 0 Å². The van der Waals surface area contributed by atoms with E-state index in [4.69, 9.17) is 9.72 Å². The fourth-order valence-electron chi connectivity index (χ4n) is 4.96. The topological polar surface area (TPSA) is 59.4 Å². The van der Waals surface area contributed by atoms with Crippen molar-refractivity contribution in [1.82, 2.24) is 14.5 Å². The van der Waals surface area contributed by atoms with Crippen LogP contribution in [0.2, 0.25) is 0 Å². The second-order valence-electron chi connectivity index (χ2n) is 9.66. The van der Waals surface area contributed by atoms with Crippen LogP contribution < -0.4 is 10.1 Å². The molecule has 1 unspecified atom stereocenters. The Morgan fingerprint density at radius 3 is 2.46 bits per heavy atom. The molecule has 192 valence electrons. The van der Waals surface area contributed by atoms with Crippen LogP contribution >= 0.6 is 0 Å². The number of esters is 1. The summed E-state index contributed by atoms with van der Waals surface area (Å²) in [4.78, 5) is 18.9. The number of fused-ring (bicyclic) bond motifs is 1. The van der Waals surface area contributed by atoms with Crippen LogP contribution in [0.3, 0.4) is 0 Å². The average molecular weight is 501 g/mol. The summed E-state index contributed by atoms with van der Waals surface area (Å²) in [5.74, 6) is 1.000. The zero-order valence-electron chi connectivity index (χ0n) is 21.4. The second kappa shape index (κ2) is 11.1. The predicted octanol–water partition coefficient (Wildman–Crippen LogP) is 6.18. The Balaban J connectivity index is 1.23. The fraction of sp³-hybridized carbons (Fsp3) is 0.333. The van der Waals surface area contributed by atoms with Crippen molar-refractivity contribution in [3.05, 3.63) is 89.7 Å². The van der Waals surface area contributed by atoms with Crippen LogP contribution in [0.5, 0.6) is 5.75 Å². The third kappa shape index (κ3) is 5.83. The zero-order valence-corrected chi connectivity index (χ0v) is 21.4. The standard InChI is InChI=1S/C30H33FN4O2/c1-3-29(36)37-26-14-10-23(11-15-26)21(2)34-18-16-25(17-19-34)32-30-33-27-6-4-5-7-28(27)35(30)20-22-8-12-24(31)13-9-22/h4-15,21,25H,3,16-20H2,1-2H3,(H,32,33). The van der Waals surface area contributed by atoms with Gasteiger partial charge in [0.1, 0.15) is 11.6 Å². The first-order valence-electron chi connectivity index (χ1n) is 13.0. The molecule has 7 heteroatoms. The summed E-state index contributed by atoms with van der Waals surface area (Å²) in [6.07, 6.45) is 2.39. The van der Waals surface area contributed by atoms with Gasteiger partial charge in [-0.05, 0) is 67.3 Å². The number of aromatic nitrogens is 2. The first-order chi connectivity index (χ1) is 18.0. The lowest BCUT2D eigenvalue weighted by Gasteiger charge is -2.36. The molecule has 5 rings (SSSR count). The number of rotatable bonds is 8. The molecule has 1 aliphatic rings. The van der Waals surface area contributed by atoms with Gasteiger partial charge in [0, 0.05) is 31.6 Å². The third-order valence-corrected chi connectivity index (χ3v) is 7.20. The molecule has 1 atom stereocenters. The lowest BCUT2D eigenvalue weighted by atomic mass is 10.00. The average Bonchev–Trinajstić information content (AvgIpc) is 3.27. The van der Waals surface area contributed by atoms with E-state index in [0.29, 0.717) is 24.8 Å². The van der Waals surface area contributed by atoms with E-state index in [2.05, 4.69) is 27.8 Å². The Morgan fingerprint density at radius 2 is 1.76 bits per heavy atom. The quantitative estimate of drug-likeness (QED) is 0.231. The zero-order chi connectivity index (χ0) is 25.8. The number of carbonyl (C=O) groups is 1. The van der Waals surface area contributed by atoms with Crippen LogP contribution in [0.1, 0.15) is 50.3 Å². The van der Waals surface area contributed by atoms with Gasteiger partial charge in [-0.25, -0.2) is 9.37 Å². The minimum atomic E-state index is -0.227. The van der Waals surface area contributed by atoms with E-state index >= 15 is 0 Å². The molecule has 4 aromatic rings. The molecule has 0 bridgehead atoms. The molecule has 1 N–H and O–H groups in total. The van der Waals surface area contributed by atoms with E-state index in [0.717, 1.165) is 48.5 Å². The number of nitrogens with zero attached hydrogens (tertiary/aromatic N) is 3. The molecule has 0 spiro atoms. The number of imidazole rings is 1. The highest BCUT2D eigenvalue weighted by atomic mass is 19.1. The maximum absolute atomic E-state index is 13.4. The lowest BCUT2D eigenvalue weighted by Crippen LogP contribution is -2.40. The molecule has 1 saturated heterocycles. The van der Waals surface area contributed by atoms with Gasteiger partial charge in [-0.1, -0.05) is 43.3 Å². The molecule has 1 aromatic heterocycles. The van der Waals surface area contributed by atoms with Gasteiger partial charge < -0.3 is 14.6 Å². The van der Waals surface area contributed by atoms with Crippen molar-refractivity contribution >= 4 is 23.0 Å². The van der Waals surface area contributed by atoms with Gasteiger partial charge in [0.05, 0.1) is 17.6 Å². The number of nitrogens with one attached hydrogen (secondary N) is 1. The van der Waals surface area contributed by atoms with E-state index in [-0.39, 0.29) is 17.8 Å². The Labute approximate surface area is 217 Å². The number of benzene rings is 3. The van der Waals surface area contributed by atoms with Gasteiger partial charge in [0.2, 0.25) is 5.95 Å². The van der Waals surface area contributed by atoms with Gasteiger partial charge in [0.25, 0.3) is 0 Å². The van der Waals surface area contributed by atoms with Gasteiger partial charge in [0.15, 0.2) is 0 Å². The van der Waals surface area contributed by atoms with Crippen LogP contribution in [-0.2, 0) is 11.3 Å². The van der Waals surface area contributed by atoms with Gasteiger partial charge in [-0.3, -0.25) is 9.69 Å². The molecule has 6 nitrogen and oxygen atoms in total. The Hall–Kier alpha value is -3.71. The molecular weight excluding hydrogens is 467 g/mol. The summed E-state index contributed by atoms with van der Waals surface area (Å²) in [5.41, 5.74) is 4.26. The smallest absolute Gasteiger partial charge is 0.310 e. The Bertz CT molecular complexity index is 1340. The largest absolute Gasteiger partial charge is 0.427 e. The molecule has 1 aliphatic heterocycles. The summed E-state index contributed by atoms with van der Waals surface area (Å²) in [5, 5.41) is 3.70. The van der Waals surface area contributed by atoms with Crippen LogP contribution in [0.15, 0.2) is 72.8 Å². The van der Waals surface area contributed by atoms with Crippen molar-refractivity contribution in [2.45, 2.75) is 51.7 Å². The summed E-state index contributed by atoms with van der Waals surface area (Å²) in [6, 6.07) is 23.2. The van der Waals surface area contributed by atoms with E-state index in [1.165, 1.54) is 17.7 Å². The van der Waals surface area contributed by atoms with Crippen molar-refractivity contribution in [3.63, 3.8) is 0 Å². The highest BCUT2D eigenvalue weighted by Crippen LogP contribution is 2.28. The van der Waals surface area contributed by atoms with Crippen molar-refractivity contribution in [3.8, 4) is 5.75 Å². The molecule has 37 heavy (non-hydrogen) atoms. The summed E-state index contributed by atoms with van der Waals surface area (Å²) < 4.78 is 20.9. The Kier molecular flexibility index (Phi) is 7.51. The highest BCUT2D eigenvalue weighted by molar-refractivity contribution is 5.78. The van der Waals surface area contributed by atoms with Crippen LogP contribution in [0.4, 0.5) is 10.3 Å². The van der Waals surface area contributed by atoms with E-state index < -0.39 is 0 Å². The number of hydrogen-bond donors (Lipinski definition) is 1. The first kappa shape index (κ1) is 25.0. The van der Waals surface area contributed by atoms with E-state index in [1.54, 1.807) is 6.92 Å². The molecule has 1 fully saturated rings. The second-order valence-corrected chi connectivity index (χ2v) is 9.66. The monoisotopic (exact) mass is 500 g/mol. The maximum Gasteiger partial charge on any atom is 0.310 e. The number of ether oxygens (including phenoxy) is 1. The predicted molar refractivity (Wildman–Crippen MR) is 144 cm³/mol. The highest BCUT2D eigenvalue weighted by Gasteiger charge is 2.25. The van der Waals surface area contributed by atoms with Gasteiger partial charge >= 0.3 is 5.97 Å². The van der Waals surface area contributed by atoms with Crippen LogP contribution in [0, 0.1) is 5.82 Å². The summed E-state index contributed by atoms with van der Waals surface area (Å²) >= 11 is 0. The van der Waals surface area contributed by atoms with Crippen LogP contribution in [-0.4, -0.2) is 39.6 Å². The number of hydrogen-bond acceptors (Lipinski definition) is 5. The molecule has 0 saturated carbocycles. The van der Waals surface area contributed by atoms with E-state index in [9.17, 15) is 9.18 Å². The van der Waals surface area contributed by atoms with Crippen LogP contribution in [0.25, 0.3) is 11.0 Å². The number of para-hydroxylation sites is 2. The summed E-state index contributed by atoms with van der Waals surface area (Å²) in [6.45, 7) is 6.59. The van der Waals surface area contributed by atoms with Gasteiger partial charge in [-0.2, -0.15) is 0 Å². The molecule has 0 amide bonds. The number of halogens is 1. The first-order valence-corrected chi connectivity index (χ1v) is 13.0. The SMILES string of the molecule is CCC(=O)Oc1ccc(C(C)N2CCC(Nc3nc4ccccc4n3Cc3ccc(F)cc3)CC2)cc1. The summed E-state index contributed by atoms with van der Waals surface area (Å²) in [7, 11) is 0. The van der Waals surface area contributed by atoms with Gasteiger partial charge in [-0.15, -0.1) is 0 Å². The third-order valence-electron chi connectivity index (χ3n) is 7.20.